The summed E-state index contributed by atoms with van der Waals surface area (Å²) < 4.78 is 1.96. The fourth-order valence-corrected chi connectivity index (χ4v) is 2.60. The van der Waals surface area contributed by atoms with Gasteiger partial charge in [0, 0.05) is 41.5 Å². The monoisotopic (exact) mass is 374 g/mol. The summed E-state index contributed by atoms with van der Waals surface area (Å²) in [6.07, 6.45) is 4.64. The maximum Gasteiger partial charge on any atom is 0.271 e. The zero-order valence-electron chi connectivity index (χ0n) is 15.6. The van der Waals surface area contributed by atoms with Crippen LogP contribution in [0, 0.1) is 0 Å². The summed E-state index contributed by atoms with van der Waals surface area (Å²) in [5.74, 6) is -0.375. The lowest BCUT2D eigenvalue weighted by molar-refractivity contribution is -0.116. The van der Waals surface area contributed by atoms with Crippen LogP contribution in [0.5, 0.6) is 0 Å². The molecule has 2 N–H and O–H groups in total. The lowest BCUT2D eigenvalue weighted by Crippen LogP contribution is -2.19. The van der Waals surface area contributed by atoms with E-state index in [-0.39, 0.29) is 11.8 Å². The molecule has 0 aliphatic carbocycles. The molecule has 0 spiro atoms. The molecular formula is C22H22N4O2. The Labute approximate surface area is 163 Å². The number of carbonyl (C=O) groups is 2. The van der Waals surface area contributed by atoms with Crippen molar-refractivity contribution in [1.29, 1.82) is 0 Å². The van der Waals surface area contributed by atoms with E-state index in [9.17, 15) is 9.59 Å². The molecule has 142 valence electrons. The average Bonchev–Trinajstić information content (AvgIpc) is 3.26. The van der Waals surface area contributed by atoms with Crippen LogP contribution in [0.15, 0.2) is 84.2 Å². The van der Waals surface area contributed by atoms with Crippen molar-refractivity contribution in [2.45, 2.75) is 19.8 Å². The summed E-state index contributed by atoms with van der Waals surface area (Å²) in [6, 6.07) is 20.4. The van der Waals surface area contributed by atoms with Gasteiger partial charge in [-0.25, -0.2) is 5.43 Å². The molecule has 0 fully saturated rings. The van der Waals surface area contributed by atoms with E-state index in [4.69, 9.17) is 0 Å². The number of hydrogen-bond acceptors (Lipinski definition) is 3. The highest BCUT2D eigenvalue weighted by Gasteiger charge is 2.06. The minimum atomic E-state index is -0.285. The third-order valence-electron chi connectivity index (χ3n) is 4.15. The van der Waals surface area contributed by atoms with Gasteiger partial charge in [-0.3, -0.25) is 9.59 Å². The van der Waals surface area contributed by atoms with Crippen LogP contribution >= 0.6 is 0 Å². The molecule has 0 aliphatic heterocycles. The van der Waals surface area contributed by atoms with Crippen molar-refractivity contribution in [2.75, 3.05) is 5.32 Å². The molecule has 1 aromatic heterocycles. The van der Waals surface area contributed by atoms with Crippen molar-refractivity contribution < 1.29 is 9.59 Å². The number of amides is 2. The van der Waals surface area contributed by atoms with Gasteiger partial charge < -0.3 is 9.88 Å². The number of hydrogen-bond donors (Lipinski definition) is 2. The van der Waals surface area contributed by atoms with Crippen LogP contribution in [0.2, 0.25) is 0 Å². The molecule has 0 radical (unpaired) electrons. The second kappa shape index (κ2) is 9.32. The minimum Gasteiger partial charge on any atom is -0.326 e. The van der Waals surface area contributed by atoms with E-state index in [2.05, 4.69) is 15.8 Å². The largest absolute Gasteiger partial charge is 0.326 e. The first-order valence-corrected chi connectivity index (χ1v) is 9.03. The van der Waals surface area contributed by atoms with Crippen LogP contribution in [0.25, 0.3) is 5.69 Å². The van der Waals surface area contributed by atoms with E-state index in [1.54, 1.807) is 19.1 Å². The summed E-state index contributed by atoms with van der Waals surface area (Å²) in [5, 5.41) is 6.91. The smallest absolute Gasteiger partial charge is 0.271 e. The molecular weight excluding hydrogens is 352 g/mol. The molecule has 2 amide bonds. The topological polar surface area (TPSA) is 75.5 Å². The molecule has 0 unspecified atom stereocenters. The lowest BCUT2D eigenvalue weighted by atomic mass is 10.2. The van der Waals surface area contributed by atoms with Crippen LogP contribution < -0.4 is 10.7 Å². The van der Waals surface area contributed by atoms with Crippen molar-refractivity contribution in [3.05, 3.63) is 84.7 Å². The highest BCUT2D eigenvalue weighted by atomic mass is 16.2. The Kier molecular flexibility index (Phi) is 6.36. The number of aromatic nitrogens is 1. The molecule has 0 aliphatic rings. The summed E-state index contributed by atoms with van der Waals surface area (Å²) in [5.41, 5.74) is 5.48. The molecule has 28 heavy (non-hydrogen) atoms. The highest BCUT2D eigenvalue weighted by Crippen LogP contribution is 2.10. The summed E-state index contributed by atoms with van der Waals surface area (Å²) in [6.45, 7) is 1.78. The normalized spacial score (nSPS) is 11.1. The Morgan fingerprint density at radius 2 is 1.57 bits per heavy atom. The van der Waals surface area contributed by atoms with Crippen molar-refractivity contribution in [2.24, 2.45) is 5.10 Å². The quantitative estimate of drug-likeness (QED) is 0.484. The van der Waals surface area contributed by atoms with E-state index < -0.39 is 0 Å². The van der Waals surface area contributed by atoms with Gasteiger partial charge in [0.05, 0.1) is 0 Å². The van der Waals surface area contributed by atoms with E-state index in [0.29, 0.717) is 24.1 Å². The number of hydrazone groups is 1. The number of benzene rings is 2. The third kappa shape index (κ3) is 5.41. The Balaban J connectivity index is 1.47. The molecule has 2 aromatic carbocycles. The van der Waals surface area contributed by atoms with Crippen LogP contribution in [-0.4, -0.2) is 22.1 Å². The molecule has 6 nitrogen and oxygen atoms in total. The first-order chi connectivity index (χ1) is 13.6. The second-order valence-corrected chi connectivity index (χ2v) is 6.34. The lowest BCUT2D eigenvalue weighted by Gasteiger charge is -2.06. The maximum atomic E-state index is 12.2. The highest BCUT2D eigenvalue weighted by molar-refractivity contribution is 5.96. The first kappa shape index (κ1) is 19.1. The predicted molar refractivity (Wildman–Crippen MR) is 111 cm³/mol. The number of para-hydroxylation sites is 1. The molecule has 0 atom stereocenters. The maximum absolute atomic E-state index is 12.2. The molecule has 1 heterocycles. The summed E-state index contributed by atoms with van der Waals surface area (Å²) >= 11 is 0. The predicted octanol–water partition coefficient (Wildman–Crippen LogP) is 4.00. The van der Waals surface area contributed by atoms with Gasteiger partial charge in [0.25, 0.3) is 5.91 Å². The van der Waals surface area contributed by atoms with Gasteiger partial charge in [0.1, 0.15) is 0 Å². The Morgan fingerprint density at radius 1 is 0.893 bits per heavy atom. The second-order valence-electron chi connectivity index (χ2n) is 6.34. The Hall–Kier alpha value is -3.67. The van der Waals surface area contributed by atoms with Gasteiger partial charge in [-0.05, 0) is 61.9 Å². The van der Waals surface area contributed by atoms with Crippen molar-refractivity contribution >= 4 is 23.2 Å². The summed E-state index contributed by atoms with van der Waals surface area (Å²) in [7, 11) is 0. The van der Waals surface area contributed by atoms with Gasteiger partial charge >= 0.3 is 0 Å². The zero-order chi connectivity index (χ0) is 19.8. The molecule has 0 saturated carbocycles. The molecule has 3 rings (SSSR count). The minimum absolute atomic E-state index is 0.0901. The van der Waals surface area contributed by atoms with Crippen molar-refractivity contribution in [1.82, 2.24) is 9.99 Å². The van der Waals surface area contributed by atoms with Gasteiger partial charge in [-0.15, -0.1) is 0 Å². The van der Waals surface area contributed by atoms with Crippen LogP contribution in [-0.2, 0) is 4.79 Å². The van der Waals surface area contributed by atoms with Gasteiger partial charge in [-0.2, -0.15) is 5.10 Å². The number of nitrogens with one attached hydrogen (secondary N) is 2. The number of rotatable bonds is 7. The van der Waals surface area contributed by atoms with Gasteiger partial charge in [0.2, 0.25) is 5.91 Å². The van der Waals surface area contributed by atoms with Gasteiger partial charge in [0.15, 0.2) is 0 Å². The molecule has 3 aromatic rings. The van der Waals surface area contributed by atoms with E-state index in [1.807, 2.05) is 71.6 Å². The zero-order valence-corrected chi connectivity index (χ0v) is 15.6. The van der Waals surface area contributed by atoms with Crippen LogP contribution in [0.1, 0.15) is 30.1 Å². The average molecular weight is 374 g/mol. The first-order valence-electron chi connectivity index (χ1n) is 9.03. The molecule has 0 saturated heterocycles. The fourth-order valence-electron chi connectivity index (χ4n) is 2.60. The van der Waals surface area contributed by atoms with E-state index >= 15 is 0 Å². The van der Waals surface area contributed by atoms with Crippen LogP contribution in [0.3, 0.4) is 0 Å². The number of carbonyl (C=O) groups excluding carboxylic acids is 2. The SMILES string of the molecule is C/C(CCC(=O)Nc1ccccc1)=N\NC(=O)c1ccc(-n2cccc2)cc1. The van der Waals surface area contributed by atoms with Crippen molar-refractivity contribution in [3.8, 4) is 5.69 Å². The Bertz CT molecular complexity index is 946. The summed E-state index contributed by atoms with van der Waals surface area (Å²) in [4.78, 5) is 24.2. The number of nitrogens with zero attached hydrogens (tertiary/aromatic N) is 2. The third-order valence-corrected chi connectivity index (χ3v) is 4.15. The molecule has 6 heteroatoms. The Morgan fingerprint density at radius 3 is 2.25 bits per heavy atom. The van der Waals surface area contributed by atoms with E-state index in [0.717, 1.165) is 11.4 Å². The fraction of sp³-hybridized carbons (Fsp3) is 0.136. The standard InChI is InChI=1S/C22H22N4O2/c1-17(9-14-21(27)23-19-7-3-2-4-8-19)24-25-22(28)18-10-12-20(13-11-18)26-15-5-6-16-26/h2-8,10-13,15-16H,9,14H2,1H3,(H,23,27)(H,25,28)/b24-17+. The van der Waals surface area contributed by atoms with Crippen molar-refractivity contribution in [3.63, 3.8) is 0 Å². The van der Waals surface area contributed by atoms with Gasteiger partial charge in [-0.1, -0.05) is 18.2 Å². The number of anilines is 1. The van der Waals surface area contributed by atoms with Crippen LogP contribution in [0.4, 0.5) is 5.69 Å². The molecule has 0 bridgehead atoms. The van der Waals surface area contributed by atoms with E-state index in [1.165, 1.54) is 0 Å².